The van der Waals surface area contributed by atoms with Crippen LogP contribution >= 0.6 is 11.8 Å². The van der Waals surface area contributed by atoms with Crippen molar-refractivity contribution in [2.24, 2.45) is 4.99 Å². The van der Waals surface area contributed by atoms with E-state index in [1.807, 2.05) is 4.98 Å². The second-order valence-corrected chi connectivity index (χ2v) is 9.54. The molecule has 2 amide bonds. The normalized spacial score (nSPS) is 16.3. The number of carbonyl (C=O) groups is 3. The molecule has 3 aromatic rings. The van der Waals surface area contributed by atoms with Gasteiger partial charge < -0.3 is 30.3 Å². The average molecular weight is 570 g/mol. The highest BCUT2D eigenvalue weighted by Crippen LogP contribution is 2.38. The van der Waals surface area contributed by atoms with Crippen LogP contribution in [0, 0.1) is 0 Å². The highest BCUT2D eigenvalue weighted by atomic mass is 32.2. The van der Waals surface area contributed by atoms with Gasteiger partial charge in [-0.1, -0.05) is 11.8 Å². The van der Waals surface area contributed by atoms with Gasteiger partial charge in [0, 0.05) is 17.7 Å². The summed E-state index contributed by atoms with van der Waals surface area (Å²) in [7, 11) is 2.82. The number of hydrogen-bond donors (Lipinski definition) is 6. The van der Waals surface area contributed by atoms with E-state index in [0.29, 0.717) is 11.4 Å². The summed E-state index contributed by atoms with van der Waals surface area (Å²) in [4.78, 5) is 69.4. The van der Waals surface area contributed by atoms with Crippen molar-refractivity contribution in [2.75, 3.05) is 19.5 Å². The molecule has 1 fully saturated rings. The number of aromatic carboxylic acids is 1. The Hall–Kier alpha value is -5.05. The summed E-state index contributed by atoms with van der Waals surface area (Å²) in [6.45, 7) is 0. The van der Waals surface area contributed by atoms with E-state index in [1.165, 1.54) is 44.6 Å². The second-order valence-electron chi connectivity index (χ2n) is 8.35. The molecular weight excluding hydrogens is 546 g/mol. The molecule has 6 N–H and O–H groups in total. The zero-order valence-electron chi connectivity index (χ0n) is 21.0. The predicted octanol–water partition coefficient (Wildman–Crippen LogP) is 1.19. The number of H-pyrrole nitrogens is 2. The van der Waals surface area contributed by atoms with E-state index in [-0.39, 0.29) is 34.0 Å². The largest absolute Gasteiger partial charge is 0.497 e. The number of thioether (sulfide) groups is 1. The fourth-order valence-corrected chi connectivity index (χ4v) is 4.87. The van der Waals surface area contributed by atoms with Crippen LogP contribution in [0.15, 0.2) is 57.0 Å². The molecule has 0 aliphatic carbocycles. The van der Waals surface area contributed by atoms with Crippen LogP contribution < -0.4 is 31.4 Å². The van der Waals surface area contributed by atoms with Gasteiger partial charge in [0.15, 0.2) is 5.17 Å². The molecule has 2 aromatic carbocycles. The summed E-state index contributed by atoms with van der Waals surface area (Å²) in [5, 5.41) is 23.8. The molecule has 2 atom stereocenters. The van der Waals surface area contributed by atoms with Gasteiger partial charge in [-0.3, -0.25) is 24.4 Å². The van der Waals surface area contributed by atoms with Crippen molar-refractivity contribution >= 4 is 40.4 Å². The Bertz CT molecular complexity index is 1610. The molecule has 14 nitrogen and oxygen atoms in total. The van der Waals surface area contributed by atoms with Gasteiger partial charge in [-0.25, -0.2) is 14.6 Å². The first-order chi connectivity index (χ1) is 19.1. The summed E-state index contributed by atoms with van der Waals surface area (Å²) in [6, 6.07) is 8.95. The lowest BCUT2D eigenvalue weighted by Gasteiger charge is -2.18. The van der Waals surface area contributed by atoms with Crippen molar-refractivity contribution in [3.63, 3.8) is 0 Å². The standard InChI is InChI=1S/C25H23N5O9S/c1-38-13-7-8-15(39-2)14(9-13)19(18-21(33)28-24(37)29-22(18)34)27-25-30-20(32)16(40-25)10-17(31)26-12-5-3-11(4-6-12)23(35)36/h3-9,16,19H,10H2,1-2H3,(H,26,31)(H,35,36)(H,27,30,32)(H3,28,29,33,34,37)/t16-,19-/m0/s1. The minimum atomic E-state index is -1.27. The Balaban J connectivity index is 1.63. The van der Waals surface area contributed by atoms with Gasteiger partial charge in [-0.15, -0.1) is 0 Å². The van der Waals surface area contributed by atoms with Gasteiger partial charge in [-0.2, -0.15) is 0 Å². The predicted molar refractivity (Wildman–Crippen MR) is 144 cm³/mol. The second kappa shape index (κ2) is 11.8. The van der Waals surface area contributed by atoms with E-state index in [0.717, 1.165) is 11.8 Å². The summed E-state index contributed by atoms with van der Waals surface area (Å²) in [5.41, 5.74) is -1.48. The fourth-order valence-electron chi connectivity index (χ4n) is 3.87. The van der Waals surface area contributed by atoms with Crippen molar-refractivity contribution in [3.8, 4) is 17.4 Å². The summed E-state index contributed by atoms with van der Waals surface area (Å²) >= 11 is 0.933. The number of methoxy groups -OCH3 is 2. The average Bonchev–Trinajstić information content (AvgIpc) is 3.25. The van der Waals surface area contributed by atoms with Crippen molar-refractivity contribution in [1.29, 1.82) is 0 Å². The summed E-state index contributed by atoms with van der Waals surface area (Å²) < 4.78 is 10.7. The quantitative estimate of drug-likeness (QED) is 0.217. The number of carboxylic acids is 1. The number of nitrogens with one attached hydrogen (secondary N) is 4. The number of benzene rings is 2. The maximum Gasteiger partial charge on any atom is 0.335 e. The lowest BCUT2D eigenvalue weighted by atomic mass is 9.99. The number of amidine groups is 1. The fraction of sp³-hybridized carbons (Fsp3) is 0.200. The smallest absolute Gasteiger partial charge is 0.335 e. The van der Waals surface area contributed by atoms with E-state index >= 15 is 0 Å². The molecule has 4 rings (SSSR count). The van der Waals surface area contributed by atoms with Gasteiger partial charge in [-0.05, 0) is 42.5 Å². The molecule has 1 aliphatic heterocycles. The molecule has 0 spiro atoms. The maximum absolute atomic E-state index is 12.8. The summed E-state index contributed by atoms with van der Waals surface area (Å²) in [5.74, 6) is -2.19. The Labute approximate surface area is 229 Å². The van der Waals surface area contributed by atoms with Crippen LogP contribution in [0.4, 0.5) is 5.69 Å². The molecule has 0 bridgehead atoms. The monoisotopic (exact) mass is 569 g/mol. The molecule has 40 heavy (non-hydrogen) atoms. The minimum absolute atomic E-state index is 0.0495. The lowest BCUT2D eigenvalue weighted by Crippen LogP contribution is -2.29. The number of aliphatic imine (C=N–C) groups is 1. The van der Waals surface area contributed by atoms with E-state index in [9.17, 15) is 29.1 Å². The number of carbonyl (C=O) groups excluding carboxylic acids is 2. The van der Waals surface area contributed by atoms with Crippen LogP contribution in [0.2, 0.25) is 0 Å². The highest BCUT2D eigenvalue weighted by molar-refractivity contribution is 8.15. The number of amides is 2. The highest BCUT2D eigenvalue weighted by Gasteiger charge is 2.34. The van der Waals surface area contributed by atoms with Crippen molar-refractivity contribution in [1.82, 2.24) is 15.3 Å². The molecule has 0 unspecified atom stereocenters. The van der Waals surface area contributed by atoms with Gasteiger partial charge in [0.1, 0.15) is 28.4 Å². The van der Waals surface area contributed by atoms with Gasteiger partial charge in [0.2, 0.25) is 17.7 Å². The van der Waals surface area contributed by atoms with Crippen LogP contribution in [0.5, 0.6) is 17.4 Å². The Morgan fingerprint density at radius 1 is 1.07 bits per heavy atom. The first kappa shape index (κ1) is 28.0. The molecule has 0 radical (unpaired) electrons. The topological polar surface area (TPSA) is 212 Å². The first-order valence-electron chi connectivity index (χ1n) is 11.6. The number of anilines is 1. The van der Waals surface area contributed by atoms with Crippen LogP contribution in [-0.4, -0.2) is 62.6 Å². The van der Waals surface area contributed by atoms with E-state index in [1.54, 1.807) is 12.1 Å². The van der Waals surface area contributed by atoms with E-state index < -0.39 is 46.2 Å². The molecule has 1 aromatic heterocycles. The van der Waals surface area contributed by atoms with Crippen molar-refractivity contribution < 1.29 is 34.1 Å². The van der Waals surface area contributed by atoms with Crippen molar-refractivity contribution in [3.05, 3.63) is 80.0 Å². The number of rotatable bonds is 9. The molecule has 1 aliphatic rings. The van der Waals surface area contributed by atoms with E-state index in [2.05, 4.69) is 20.6 Å². The number of aromatic nitrogens is 2. The molecule has 1 saturated heterocycles. The van der Waals surface area contributed by atoms with Crippen LogP contribution in [0.3, 0.4) is 0 Å². The first-order valence-corrected chi connectivity index (χ1v) is 12.4. The molecule has 15 heteroatoms. The number of hydrogen-bond acceptors (Lipinski definition) is 10. The molecule has 208 valence electrons. The zero-order valence-corrected chi connectivity index (χ0v) is 21.8. The van der Waals surface area contributed by atoms with Crippen molar-refractivity contribution in [2.45, 2.75) is 17.7 Å². The molecule has 0 saturated carbocycles. The number of aromatic hydroxyl groups is 1. The van der Waals surface area contributed by atoms with Crippen LogP contribution in [-0.2, 0) is 9.59 Å². The third kappa shape index (κ3) is 6.15. The van der Waals surface area contributed by atoms with Gasteiger partial charge >= 0.3 is 11.7 Å². The van der Waals surface area contributed by atoms with E-state index in [4.69, 9.17) is 14.6 Å². The van der Waals surface area contributed by atoms with Crippen LogP contribution in [0.25, 0.3) is 0 Å². The third-order valence-corrected chi connectivity index (χ3v) is 6.87. The molecule has 2 heterocycles. The number of nitrogens with zero attached hydrogens (tertiary/aromatic N) is 1. The Morgan fingerprint density at radius 3 is 2.42 bits per heavy atom. The number of ether oxygens (including phenoxy) is 2. The Kier molecular flexibility index (Phi) is 8.23. The number of aromatic amines is 2. The Morgan fingerprint density at radius 2 is 1.80 bits per heavy atom. The van der Waals surface area contributed by atoms with Crippen LogP contribution in [0.1, 0.15) is 33.9 Å². The van der Waals surface area contributed by atoms with Gasteiger partial charge in [0.05, 0.1) is 19.8 Å². The SMILES string of the molecule is COc1ccc(OC)c([C@H](N=C2NC(=O)[C@H](CC(=O)Nc3ccc(C(=O)O)cc3)S2)c2c(O)[nH]c(=O)[nH]c2=O)c1. The maximum atomic E-state index is 12.8. The number of carboxylic acid groups (broad SMARTS) is 1. The zero-order chi connectivity index (χ0) is 29.0. The summed E-state index contributed by atoms with van der Waals surface area (Å²) in [6.07, 6.45) is -0.242. The van der Waals surface area contributed by atoms with Gasteiger partial charge in [0.25, 0.3) is 5.56 Å². The third-order valence-electron chi connectivity index (χ3n) is 5.77. The molecular formula is C25H23N5O9S. The minimum Gasteiger partial charge on any atom is -0.497 e. The lowest BCUT2D eigenvalue weighted by molar-refractivity contribution is -0.122.